The summed E-state index contributed by atoms with van der Waals surface area (Å²) in [7, 11) is 0. The van der Waals surface area contributed by atoms with Crippen LogP contribution in [0.4, 0.5) is 0 Å². The Labute approximate surface area is 512 Å². The van der Waals surface area contributed by atoms with Crippen LogP contribution in [0.5, 0.6) is 0 Å². The van der Waals surface area contributed by atoms with Gasteiger partial charge in [-0.15, -0.1) is 0 Å². The molecule has 0 amide bonds. The van der Waals surface area contributed by atoms with Gasteiger partial charge in [-0.2, -0.15) is 0 Å². The molecule has 0 aromatic heterocycles. The molecule has 6 heteroatoms. The lowest BCUT2D eigenvalue weighted by Gasteiger charge is -2.18. The zero-order valence-electron chi connectivity index (χ0n) is 53.9. The van der Waals surface area contributed by atoms with E-state index in [4.69, 9.17) is 14.2 Å². The first-order valence-corrected chi connectivity index (χ1v) is 34.3. The van der Waals surface area contributed by atoms with Gasteiger partial charge in [0, 0.05) is 19.3 Å². The van der Waals surface area contributed by atoms with E-state index in [-0.39, 0.29) is 37.5 Å². The Balaban J connectivity index is 4.43. The van der Waals surface area contributed by atoms with E-state index in [0.29, 0.717) is 19.3 Å². The molecule has 0 rings (SSSR count). The lowest BCUT2D eigenvalue weighted by Crippen LogP contribution is -2.30. The molecule has 0 aliphatic heterocycles. The largest absolute Gasteiger partial charge is 0.462 e. The number of carbonyl (C=O) groups excluding carboxylic acids is 3. The Bertz CT molecular complexity index is 1800. The molecule has 0 saturated carbocycles. The van der Waals surface area contributed by atoms with Crippen molar-refractivity contribution in [3.05, 3.63) is 146 Å². The Morgan fingerprint density at radius 2 is 0.482 bits per heavy atom. The third-order valence-corrected chi connectivity index (χ3v) is 14.3. The maximum Gasteiger partial charge on any atom is 0.306 e. The molecule has 6 nitrogen and oxygen atoms in total. The Morgan fingerprint density at radius 1 is 0.253 bits per heavy atom. The van der Waals surface area contributed by atoms with E-state index in [9.17, 15) is 14.4 Å². The molecule has 0 aliphatic rings. The van der Waals surface area contributed by atoms with Gasteiger partial charge in [0.15, 0.2) is 6.10 Å². The smallest absolute Gasteiger partial charge is 0.306 e. The van der Waals surface area contributed by atoms with Crippen LogP contribution in [0.3, 0.4) is 0 Å². The fourth-order valence-corrected chi connectivity index (χ4v) is 9.24. The van der Waals surface area contributed by atoms with E-state index < -0.39 is 6.10 Å². The third-order valence-electron chi connectivity index (χ3n) is 14.3. The molecular formula is C77H126O6. The maximum absolute atomic E-state index is 13.0. The molecule has 1 atom stereocenters. The molecule has 0 aromatic rings. The molecule has 0 N–H and O–H groups in total. The van der Waals surface area contributed by atoms with E-state index >= 15 is 0 Å². The van der Waals surface area contributed by atoms with Crippen LogP contribution in [0.15, 0.2) is 146 Å². The fourth-order valence-electron chi connectivity index (χ4n) is 9.24. The number of unbranched alkanes of at least 4 members (excludes halogenated alkanes) is 26. The van der Waals surface area contributed by atoms with Crippen molar-refractivity contribution in [3.63, 3.8) is 0 Å². The van der Waals surface area contributed by atoms with Crippen molar-refractivity contribution in [1.29, 1.82) is 0 Å². The van der Waals surface area contributed by atoms with E-state index in [0.717, 1.165) is 116 Å². The second kappa shape index (κ2) is 69.8. The summed E-state index contributed by atoms with van der Waals surface area (Å²) in [5, 5.41) is 0. The summed E-state index contributed by atoms with van der Waals surface area (Å²) in [5.41, 5.74) is 0. The second-order valence-corrected chi connectivity index (χ2v) is 22.3. The highest BCUT2D eigenvalue weighted by Crippen LogP contribution is 2.16. The van der Waals surface area contributed by atoms with Crippen molar-refractivity contribution in [2.45, 2.75) is 309 Å². The molecule has 0 bridgehead atoms. The molecule has 1 unspecified atom stereocenters. The standard InChI is InChI=1S/C77H126O6/c1-4-7-10-13-16-19-22-25-28-31-33-35-36-37-38-39-40-42-43-46-49-52-55-58-61-64-67-70-76(79)82-73-74(72-81-75(78)69-66-63-60-57-54-51-48-45-30-27-24-21-18-15-12-9-6-3)83-77(80)71-68-65-62-59-56-53-50-47-44-41-34-32-29-26-23-20-17-14-11-8-5-2/h7,9-10,12,16,18-19,21,23,25-28,30,32-35,37-38,48,51,57,60,74H,4-6,8,11,13-15,17,20,22,24,29,31,36,39-47,49-50,52-56,58-59,61-73H2,1-3H3/b10-7-,12-9-,19-16-,21-18-,26-23-,28-25-,30-27-,34-32-,35-33-,38-37-,51-48-,60-57-. The van der Waals surface area contributed by atoms with Gasteiger partial charge in [0.2, 0.25) is 0 Å². The zero-order valence-corrected chi connectivity index (χ0v) is 53.9. The van der Waals surface area contributed by atoms with Crippen LogP contribution >= 0.6 is 0 Å². The van der Waals surface area contributed by atoms with Crippen molar-refractivity contribution in [2.24, 2.45) is 0 Å². The molecule has 0 aliphatic carbocycles. The monoisotopic (exact) mass is 1150 g/mol. The molecule has 0 radical (unpaired) electrons. The summed E-state index contributed by atoms with van der Waals surface area (Å²) in [6, 6.07) is 0. The lowest BCUT2D eigenvalue weighted by atomic mass is 10.0. The van der Waals surface area contributed by atoms with E-state index in [1.807, 2.05) is 0 Å². The van der Waals surface area contributed by atoms with Gasteiger partial charge in [-0.05, 0) is 135 Å². The predicted octanol–water partition coefficient (Wildman–Crippen LogP) is 23.9. The van der Waals surface area contributed by atoms with Crippen molar-refractivity contribution >= 4 is 17.9 Å². The van der Waals surface area contributed by atoms with E-state index in [1.54, 1.807) is 0 Å². The Kier molecular flexibility index (Phi) is 65.8. The quantitative estimate of drug-likeness (QED) is 0.0261. The highest BCUT2D eigenvalue weighted by Gasteiger charge is 2.19. The summed E-state index contributed by atoms with van der Waals surface area (Å²) in [6.07, 6.45) is 100. The number of esters is 3. The summed E-state index contributed by atoms with van der Waals surface area (Å²) in [6.45, 7) is 6.37. The molecular weight excluding hydrogens is 1020 g/mol. The second-order valence-electron chi connectivity index (χ2n) is 22.3. The molecule has 0 saturated heterocycles. The minimum absolute atomic E-state index is 0.103. The average molecular weight is 1150 g/mol. The molecule has 0 fully saturated rings. The van der Waals surface area contributed by atoms with Gasteiger partial charge in [0.05, 0.1) is 0 Å². The molecule has 83 heavy (non-hydrogen) atoms. The van der Waals surface area contributed by atoms with Gasteiger partial charge >= 0.3 is 17.9 Å². The summed E-state index contributed by atoms with van der Waals surface area (Å²) < 4.78 is 16.9. The zero-order chi connectivity index (χ0) is 59.9. The van der Waals surface area contributed by atoms with Gasteiger partial charge in [-0.1, -0.05) is 295 Å². The Morgan fingerprint density at radius 3 is 0.783 bits per heavy atom. The molecule has 0 heterocycles. The fraction of sp³-hybridized carbons (Fsp3) is 0.649. The van der Waals surface area contributed by atoms with Crippen LogP contribution in [0.2, 0.25) is 0 Å². The van der Waals surface area contributed by atoms with Crippen molar-refractivity contribution in [3.8, 4) is 0 Å². The number of ether oxygens (including phenoxy) is 3. The topological polar surface area (TPSA) is 78.9 Å². The Hall–Kier alpha value is -4.71. The third kappa shape index (κ3) is 68.0. The minimum atomic E-state index is -0.813. The van der Waals surface area contributed by atoms with Gasteiger partial charge in [0.25, 0.3) is 0 Å². The normalized spacial score (nSPS) is 13.0. The van der Waals surface area contributed by atoms with Crippen LogP contribution in [0.25, 0.3) is 0 Å². The van der Waals surface area contributed by atoms with Crippen LogP contribution in [-0.4, -0.2) is 37.2 Å². The number of allylic oxidation sites excluding steroid dienone is 24. The molecule has 0 spiro atoms. The van der Waals surface area contributed by atoms with Gasteiger partial charge in [-0.25, -0.2) is 0 Å². The lowest BCUT2D eigenvalue weighted by molar-refractivity contribution is -0.167. The summed E-state index contributed by atoms with van der Waals surface area (Å²) in [4.78, 5) is 38.4. The summed E-state index contributed by atoms with van der Waals surface area (Å²) in [5.74, 6) is -0.966. The van der Waals surface area contributed by atoms with Crippen molar-refractivity contribution in [2.75, 3.05) is 13.2 Å². The number of hydrogen-bond donors (Lipinski definition) is 0. The molecule has 470 valence electrons. The van der Waals surface area contributed by atoms with Crippen LogP contribution in [-0.2, 0) is 28.6 Å². The van der Waals surface area contributed by atoms with Gasteiger partial charge < -0.3 is 14.2 Å². The average Bonchev–Trinajstić information content (AvgIpc) is 3.49. The van der Waals surface area contributed by atoms with Crippen molar-refractivity contribution < 1.29 is 28.6 Å². The van der Waals surface area contributed by atoms with E-state index in [2.05, 4.69) is 167 Å². The first-order chi connectivity index (χ1) is 41.0. The first-order valence-electron chi connectivity index (χ1n) is 34.3. The predicted molar refractivity (Wildman–Crippen MR) is 362 cm³/mol. The molecule has 0 aromatic carbocycles. The number of rotatable bonds is 61. The van der Waals surface area contributed by atoms with Gasteiger partial charge in [0.1, 0.15) is 13.2 Å². The van der Waals surface area contributed by atoms with Gasteiger partial charge in [-0.3, -0.25) is 14.4 Å². The minimum Gasteiger partial charge on any atom is -0.462 e. The summed E-state index contributed by atoms with van der Waals surface area (Å²) >= 11 is 0. The number of hydrogen-bond acceptors (Lipinski definition) is 6. The SMILES string of the molecule is CC/C=C\C/C=C\C/C=C\C/C=C\C/C=C\CCCCCCCCCCCCCC(=O)OCC(COC(=O)CCC/C=C\C/C=C\C/C=C\C/C=C\C/C=C\CC)OC(=O)CCCCCCCCCCC/C=C\C/C=C\CCCCCCC. The number of carbonyl (C=O) groups is 3. The highest BCUT2D eigenvalue weighted by molar-refractivity contribution is 5.71. The maximum atomic E-state index is 13.0. The van der Waals surface area contributed by atoms with Crippen LogP contribution < -0.4 is 0 Å². The van der Waals surface area contributed by atoms with Crippen LogP contribution in [0, 0.1) is 0 Å². The first kappa shape index (κ1) is 78.3. The highest BCUT2D eigenvalue weighted by atomic mass is 16.6. The van der Waals surface area contributed by atoms with E-state index in [1.165, 1.54) is 141 Å². The van der Waals surface area contributed by atoms with Crippen LogP contribution in [0.1, 0.15) is 303 Å². The van der Waals surface area contributed by atoms with Crippen molar-refractivity contribution in [1.82, 2.24) is 0 Å².